The smallest absolute Gasteiger partial charge is 0.268 e. The number of rotatable bonds is 0. The van der Waals surface area contributed by atoms with Crippen molar-refractivity contribution in [3.63, 3.8) is 0 Å². The van der Waals surface area contributed by atoms with Gasteiger partial charge in [0.05, 0.1) is 17.1 Å². The highest BCUT2D eigenvalue weighted by Crippen LogP contribution is 2.48. The van der Waals surface area contributed by atoms with Crippen LogP contribution >= 0.6 is 0 Å². The van der Waals surface area contributed by atoms with Crippen LogP contribution in [0.25, 0.3) is 0 Å². The average Bonchev–Trinajstić information content (AvgIpc) is 4.21. The summed E-state index contributed by atoms with van der Waals surface area (Å²) in [4.78, 5) is 40.9. The van der Waals surface area contributed by atoms with Gasteiger partial charge in [0.15, 0.2) is 5.60 Å². The molecule has 0 unspecified atom stereocenters. The SMILES string of the molecule is CC(C)(C)c1cnc2c(c1)NCCO2.Cc1c(C(C)(C)C)ccc2c1NCCC2.Cc1c(C(C)(C)C)cnc2c1NC(=O)C1(CC1)O2.Cc1c(C(C)(C)C)cnc2c1NC(=O)CC2.Cc1c(C(C)(C)C)cnc2c1NCCO2. The van der Waals surface area contributed by atoms with Gasteiger partial charge < -0.3 is 40.8 Å². The van der Waals surface area contributed by atoms with E-state index in [0.717, 1.165) is 95.8 Å². The molecular weight excluding hydrogens is 975 g/mol. The van der Waals surface area contributed by atoms with Gasteiger partial charge in [-0.1, -0.05) is 116 Å². The maximum absolute atomic E-state index is 12.0. The minimum atomic E-state index is -0.615. The van der Waals surface area contributed by atoms with Crippen LogP contribution in [0, 0.1) is 27.7 Å². The molecule has 78 heavy (non-hydrogen) atoms. The van der Waals surface area contributed by atoms with Gasteiger partial charge in [-0.2, -0.15) is 0 Å². The zero-order chi connectivity index (χ0) is 57.3. The molecule has 4 aromatic heterocycles. The summed E-state index contributed by atoms with van der Waals surface area (Å²) in [7, 11) is 0. The van der Waals surface area contributed by atoms with Crippen LogP contribution < -0.4 is 40.8 Å². The predicted octanol–water partition coefficient (Wildman–Crippen LogP) is 13.4. The van der Waals surface area contributed by atoms with Gasteiger partial charge in [0.25, 0.3) is 5.91 Å². The number of anilines is 5. The fourth-order valence-electron chi connectivity index (χ4n) is 10.6. The number of fused-ring (bicyclic) bond motifs is 5. The molecule has 0 radical (unpaired) electrons. The van der Waals surface area contributed by atoms with E-state index in [1.807, 2.05) is 31.7 Å². The molecule has 14 heteroatoms. The maximum atomic E-state index is 12.0. The Balaban J connectivity index is 0.000000142. The highest BCUT2D eigenvalue weighted by Gasteiger charge is 2.56. The zero-order valence-corrected chi connectivity index (χ0v) is 50.6. The molecule has 9 heterocycles. The quantitative estimate of drug-likeness (QED) is 0.0995. The first-order chi connectivity index (χ1) is 36.3. The number of nitrogens with zero attached hydrogens (tertiary/aromatic N) is 4. The Hall–Kier alpha value is -6.44. The summed E-state index contributed by atoms with van der Waals surface area (Å²) >= 11 is 0. The summed E-state index contributed by atoms with van der Waals surface area (Å²) in [5.41, 5.74) is 18.9. The summed E-state index contributed by atoms with van der Waals surface area (Å²) in [5, 5.41) is 16.1. The third kappa shape index (κ3) is 13.7. The standard InChI is InChI=1S/C14H18N2O2.C14H21N.C13H18N2O.C12H18N2O.C11H16N2O/c1-8-9(13(2,3)4)7-15-11-10(8)16-12(17)14(18-11)5-6-14;1-10-12(14(2,3)4)8-7-11-6-5-9-15-13(10)11;1-8-9(13(2,3)4)7-14-10-5-6-11(16)15-12(8)10;1-8-9(12(2,3)4)7-14-11-10(8)13-5-6-15-11;1-11(2,3)8-6-9-10(13-7-8)14-5-4-12-9/h7H,5-6H2,1-4H3,(H,16,17);7-8,15H,5-6,9H2,1-4H3;7H,5-6H2,1-4H3,(H,15,16);7,13H,5-6H2,1-4H3;6-7,12H,4-5H2,1-3H3. The molecule has 14 nitrogen and oxygen atoms in total. The normalized spacial score (nSPS) is 16.6. The topological polar surface area (TPSA) is 174 Å². The summed E-state index contributed by atoms with van der Waals surface area (Å²) in [6.45, 7) is 45.6. The van der Waals surface area contributed by atoms with Crippen molar-refractivity contribution in [1.82, 2.24) is 19.9 Å². The number of nitrogens with one attached hydrogen (secondary N) is 5. The number of amides is 2. The molecule has 1 aromatic carbocycles. The van der Waals surface area contributed by atoms with Crippen molar-refractivity contribution in [2.75, 3.05) is 59.4 Å². The van der Waals surface area contributed by atoms with E-state index >= 15 is 0 Å². The molecule has 0 bridgehead atoms. The monoisotopic (exact) mass is 1070 g/mol. The van der Waals surface area contributed by atoms with Gasteiger partial charge in [-0.05, 0) is 129 Å². The second-order valence-corrected chi connectivity index (χ2v) is 26.9. The number of carbonyl (C=O) groups is 2. The van der Waals surface area contributed by atoms with Crippen molar-refractivity contribution in [3.8, 4) is 17.6 Å². The van der Waals surface area contributed by atoms with E-state index in [0.29, 0.717) is 25.5 Å². The van der Waals surface area contributed by atoms with Gasteiger partial charge in [-0.25, -0.2) is 15.0 Å². The second kappa shape index (κ2) is 22.7. The van der Waals surface area contributed by atoms with Crippen LogP contribution in [0.3, 0.4) is 0 Å². The lowest BCUT2D eigenvalue weighted by Gasteiger charge is -2.29. The molecule has 5 aliphatic heterocycles. The lowest BCUT2D eigenvalue weighted by molar-refractivity contribution is -0.125. The average molecular weight is 1070 g/mol. The molecule has 1 spiro atoms. The molecule has 5 aromatic rings. The van der Waals surface area contributed by atoms with E-state index in [2.05, 4.69) is 189 Å². The van der Waals surface area contributed by atoms with Gasteiger partial charge in [0.2, 0.25) is 23.5 Å². The largest absolute Gasteiger partial charge is 0.474 e. The van der Waals surface area contributed by atoms with Gasteiger partial charge in [-0.3, -0.25) is 14.6 Å². The van der Waals surface area contributed by atoms with Crippen LogP contribution in [-0.4, -0.2) is 70.2 Å². The number of carbonyl (C=O) groups excluding carboxylic acids is 2. The Kier molecular flexibility index (Phi) is 17.3. The highest BCUT2D eigenvalue weighted by molar-refractivity contribution is 6.03. The van der Waals surface area contributed by atoms with E-state index in [9.17, 15) is 9.59 Å². The molecule has 1 fully saturated rings. The van der Waals surface area contributed by atoms with Crippen molar-refractivity contribution >= 4 is 40.3 Å². The molecule has 2 amide bonds. The fourth-order valence-corrected chi connectivity index (χ4v) is 10.6. The zero-order valence-electron chi connectivity index (χ0n) is 50.6. The van der Waals surface area contributed by atoms with Crippen LogP contribution in [0.5, 0.6) is 17.6 Å². The van der Waals surface area contributed by atoms with Crippen molar-refractivity contribution < 1.29 is 23.8 Å². The predicted molar refractivity (Wildman–Crippen MR) is 319 cm³/mol. The maximum Gasteiger partial charge on any atom is 0.268 e. The van der Waals surface area contributed by atoms with Crippen LogP contribution in [0.1, 0.15) is 191 Å². The summed E-state index contributed by atoms with van der Waals surface area (Å²) in [5.74, 6) is 2.11. The van der Waals surface area contributed by atoms with Gasteiger partial charge >= 0.3 is 0 Å². The number of ether oxygens (including phenoxy) is 3. The minimum absolute atomic E-state index is 0.00551. The molecule has 422 valence electrons. The molecule has 0 saturated heterocycles. The third-order valence-corrected chi connectivity index (χ3v) is 15.3. The number of hydrogen-bond donors (Lipinski definition) is 5. The van der Waals surface area contributed by atoms with Crippen LogP contribution in [-0.2, 0) is 49.5 Å². The Morgan fingerprint density at radius 2 is 1.00 bits per heavy atom. The molecule has 1 saturated carbocycles. The number of aromatic nitrogens is 4. The second-order valence-electron chi connectivity index (χ2n) is 26.9. The molecular formula is C64H91N9O5. The summed E-state index contributed by atoms with van der Waals surface area (Å²) in [6, 6.07) is 6.73. The van der Waals surface area contributed by atoms with Crippen molar-refractivity contribution in [1.29, 1.82) is 0 Å². The highest BCUT2D eigenvalue weighted by atomic mass is 16.5. The van der Waals surface area contributed by atoms with Crippen LogP contribution in [0.15, 0.2) is 43.0 Å². The minimum Gasteiger partial charge on any atom is -0.474 e. The van der Waals surface area contributed by atoms with Crippen molar-refractivity contribution in [2.24, 2.45) is 0 Å². The number of benzene rings is 1. The number of pyridine rings is 4. The van der Waals surface area contributed by atoms with Crippen LogP contribution in [0.2, 0.25) is 0 Å². The lowest BCUT2D eigenvalue weighted by Crippen LogP contribution is -2.40. The van der Waals surface area contributed by atoms with E-state index < -0.39 is 5.60 Å². The van der Waals surface area contributed by atoms with E-state index in [1.54, 1.807) is 0 Å². The summed E-state index contributed by atoms with van der Waals surface area (Å²) in [6.07, 6.45) is 13.0. The van der Waals surface area contributed by atoms with Gasteiger partial charge in [0, 0.05) is 75.8 Å². The molecule has 5 N–H and O–H groups in total. The summed E-state index contributed by atoms with van der Waals surface area (Å²) < 4.78 is 16.7. The first kappa shape index (κ1) is 59.2. The van der Waals surface area contributed by atoms with E-state index in [1.165, 1.54) is 57.5 Å². The molecule has 11 rings (SSSR count). The fraction of sp³-hybridized carbons (Fsp3) is 0.562. The first-order valence-corrected chi connectivity index (χ1v) is 28.2. The third-order valence-electron chi connectivity index (χ3n) is 15.3. The Labute approximate surface area is 466 Å². The Bertz CT molecular complexity index is 2940. The Morgan fingerprint density at radius 3 is 1.59 bits per heavy atom. The number of aryl methyl sites for hydroxylation is 2. The molecule has 1 aliphatic carbocycles. The van der Waals surface area contributed by atoms with E-state index in [-0.39, 0.29) is 38.9 Å². The first-order valence-electron chi connectivity index (χ1n) is 28.2. The van der Waals surface area contributed by atoms with Crippen molar-refractivity contribution in [2.45, 2.75) is 203 Å². The van der Waals surface area contributed by atoms with Gasteiger partial charge in [-0.15, -0.1) is 0 Å². The lowest BCUT2D eigenvalue weighted by atomic mass is 9.82. The Morgan fingerprint density at radius 1 is 0.487 bits per heavy atom. The van der Waals surface area contributed by atoms with Crippen molar-refractivity contribution in [3.05, 3.63) is 104 Å². The van der Waals surface area contributed by atoms with Crippen LogP contribution in [0.4, 0.5) is 28.4 Å². The molecule has 6 aliphatic rings. The molecule has 0 atom stereocenters. The number of hydrogen-bond acceptors (Lipinski definition) is 12. The van der Waals surface area contributed by atoms with Gasteiger partial charge in [0.1, 0.15) is 24.6 Å². The van der Waals surface area contributed by atoms with E-state index in [4.69, 9.17) is 14.2 Å².